The third-order valence-electron chi connectivity index (χ3n) is 5.98. The van der Waals surface area contributed by atoms with Crippen LogP contribution in [0.2, 0.25) is 0 Å². The largest absolute Gasteiger partial charge is 0.343 e. The zero-order valence-electron chi connectivity index (χ0n) is 17.6. The highest BCUT2D eigenvalue weighted by Gasteiger charge is 2.18. The standard InChI is InChI=1S/C24H25N5O2/c1-17-6-2-3-7-18(17)15-22-26-24(27-31-22)19-8-9-21-20(14-19)25-16-29(21)13-10-23(30)28-11-4-5-12-28/h2-3,6-9,14,16H,4-5,10-13,15H2,1H3. The minimum absolute atomic E-state index is 0.226. The maximum Gasteiger partial charge on any atom is 0.231 e. The van der Waals surface area contributed by atoms with Crippen LogP contribution in [0.15, 0.2) is 53.3 Å². The minimum Gasteiger partial charge on any atom is -0.343 e. The molecule has 4 aromatic rings. The Kier molecular flexibility index (Phi) is 5.24. The average molecular weight is 415 g/mol. The molecule has 5 rings (SSSR count). The number of fused-ring (bicyclic) bond motifs is 1. The predicted octanol–water partition coefficient (Wildman–Crippen LogP) is 4.00. The summed E-state index contributed by atoms with van der Waals surface area (Å²) in [6, 6.07) is 14.1. The van der Waals surface area contributed by atoms with Crippen LogP contribution >= 0.6 is 0 Å². The van der Waals surface area contributed by atoms with Gasteiger partial charge < -0.3 is 14.0 Å². The molecule has 0 N–H and O–H groups in total. The topological polar surface area (TPSA) is 77.1 Å². The van der Waals surface area contributed by atoms with Crippen molar-refractivity contribution >= 4 is 16.9 Å². The van der Waals surface area contributed by atoms with Crippen LogP contribution in [0.1, 0.15) is 36.3 Å². The van der Waals surface area contributed by atoms with Gasteiger partial charge in [0, 0.05) is 31.6 Å². The fourth-order valence-corrected chi connectivity index (χ4v) is 4.14. The summed E-state index contributed by atoms with van der Waals surface area (Å²) in [7, 11) is 0. The molecular weight excluding hydrogens is 390 g/mol. The zero-order valence-corrected chi connectivity index (χ0v) is 17.6. The molecule has 0 unspecified atom stereocenters. The van der Waals surface area contributed by atoms with E-state index in [1.807, 2.05) is 39.8 Å². The van der Waals surface area contributed by atoms with Gasteiger partial charge in [-0.25, -0.2) is 4.98 Å². The Morgan fingerprint density at radius 2 is 1.97 bits per heavy atom. The van der Waals surface area contributed by atoms with Crippen molar-refractivity contribution in [1.29, 1.82) is 0 Å². The highest BCUT2D eigenvalue weighted by molar-refractivity contribution is 5.81. The smallest absolute Gasteiger partial charge is 0.231 e. The number of aryl methyl sites for hydroxylation is 2. The molecule has 3 heterocycles. The molecule has 0 aliphatic carbocycles. The summed E-state index contributed by atoms with van der Waals surface area (Å²) in [4.78, 5) is 23.4. The second-order valence-electron chi connectivity index (χ2n) is 8.09. The molecule has 1 amide bonds. The Morgan fingerprint density at radius 3 is 2.81 bits per heavy atom. The highest BCUT2D eigenvalue weighted by Crippen LogP contribution is 2.23. The van der Waals surface area contributed by atoms with Gasteiger partial charge in [-0.3, -0.25) is 4.79 Å². The molecule has 0 saturated carbocycles. The second kappa shape index (κ2) is 8.34. The van der Waals surface area contributed by atoms with Crippen LogP contribution in [0.3, 0.4) is 0 Å². The first-order valence-corrected chi connectivity index (χ1v) is 10.8. The summed E-state index contributed by atoms with van der Waals surface area (Å²) in [6.45, 7) is 4.50. The van der Waals surface area contributed by atoms with Crippen molar-refractivity contribution in [3.8, 4) is 11.4 Å². The highest BCUT2D eigenvalue weighted by atomic mass is 16.5. The van der Waals surface area contributed by atoms with Crippen molar-refractivity contribution in [3.05, 3.63) is 65.8 Å². The normalized spacial score (nSPS) is 13.9. The van der Waals surface area contributed by atoms with Gasteiger partial charge in [-0.2, -0.15) is 4.98 Å². The molecular formula is C24H25N5O2. The predicted molar refractivity (Wildman–Crippen MR) is 117 cm³/mol. The molecule has 0 radical (unpaired) electrons. The van der Waals surface area contributed by atoms with E-state index in [1.165, 1.54) is 11.1 Å². The summed E-state index contributed by atoms with van der Waals surface area (Å²) >= 11 is 0. The van der Waals surface area contributed by atoms with Crippen molar-refractivity contribution in [2.45, 2.75) is 39.2 Å². The number of imidazole rings is 1. The second-order valence-corrected chi connectivity index (χ2v) is 8.09. The Bertz CT molecular complexity index is 1220. The maximum atomic E-state index is 12.3. The molecule has 7 nitrogen and oxygen atoms in total. The molecule has 2 aromatic heterocycles. The Labute approximate surface area is 180 Å². The number of hydrogen-bond acceptors (Lipinski definition) is 5. The minimum atomic E-state index is 0.226. The van der Waals surface area contributed by atoms with Crippen LogP contribution in [0.5, 0.6) is 0 Å². The summed E-state index contributed by atoms with van der Waals surface area (Å²) in [5.74, 6) is 1.38. The lowest BCUT2D eigenvalue weighted by atomic mass is 10.1. The number of likely N-dealkylation sites (tertiary alicyclic amines) is 1. The van der Waals surface area contributed by atoms with Crippen molar-refractivity contribution in [3.63, 3.8) is 0 Å². The summed E-state index contributed by atoms with van der Waals surface area (Å²) < 4.78 is 7.51. The van der Waals surface area contributed by atoms with Crippen LogP contribution in [0.25, 0.3) is 22.4 Å². The molecule has 7 heteroatoms. The maximum absolute atomic E-state index is 12.3. The summed E-state index contributed by atoms with van der Waals surface area (Å²) in [5.41, 5.74) is 5.11. The number of carbonyl (C=O) groups excluding carboxylic acids is 1. The molecule has 1 fully saturated rings. The quantitative estimate of drug-likeness (QED) is 0.476. The first kappa shape index (κ1) is 19.5. The number of rotatable bonds is 6. The van der Waals surface area contributed by atoms with Crippen molar-refractivity contribution in [2.75, 3.05) is 13.1 Å². The van der Waals surface area contributed by atoms with Crippen LogP contribution in [0, 0.1) is 6.92 Å². The van der Waals surface area contributed by atoms with E-state index in [-0.39, 0.29) is 5.91 Å². The Hall–Kier alpha value is -3.48. The van der Waals surface area contributed by atoms with Gasteiger partial charge in [-0.15, -0.1) is 0 Å². The van der Waals surface area contributed by atoms with E-state index < -0.39 is 0 Å². The van der Waals surface area contributed by atoms with Crippen LogP contribution in [0.4, 0.5) is 0 Å². The SMILES string of the molecule is Cc1ccccc1Cc1nc(-c2ccc3c(c2)ncn3CCC(=O)N2CCCC2)no1. The molecule has 1 aliphatic heterocycles. The zero-order chi connectivity index (χ0) is 21.2. The number of aromatic nitrogens is 4. The van der Waals surface area contributed by atoms with E-state index in [9.17, 15) is 4.79 Å². The van der Waals surface area contributed by atoms with E-state index in [0.29, 0.717) is 31.1 Å². The van der Waals surface area contributed by atoms with E-state index in [1.54, 1.807) is 6.33 Å². The first-order chi connectivity index (χ1) is 15.2. The van der Waals surface area contributed by atoms with Gasteiger partial charge in [0.2, 0.25) is 17.6 Å². The average Bonchev–Trinajstić information content (AvgIpc) is 3.54. The lowest BCUT2D eigenvalue weighted by Gasteiger charge is -2.15. The van der Waals surface area contributed by atoms with Gasteiger partial charge in [0.05, 0.1) is 23.8 Å². The van der Waals surface area contributed by atoms with E-state index >= 15 is 0 Å². The Morgan fingerprint density at radius 1 is 1.13 bits per heavy atom. The molecule has 31 heavy (non-hydrogen) atoms. The Balaban J connectivity index is 1.30. The number of hydrogen-bond donors (Lipinski definition) is 0. The monoisotopic (exact) mass is 415 g/mol. The molecule has 0 atom stereocenters. The van der Waals surface area contributed by atoms with E-state index in [0.717, 1.165) is 42.5 Å². The molecule has 0 spiro atoms. The van der Waals surface area contributed by atoms with Crippen molar-refractivity contribution < 1.29 is 9.32 Å². The third kappa shape index (κ3) is 4.08. The van der Waals surface area contributed by atoms with E-state index in [2.05, 4.69) is 34.2 Å². The first-order valence-electron chi connectivity index (χ1n) is 10.8. The fraction of sp³-hybridized carbons (Fsp3) is 0.333. The molecule has 1 saturated heterocycles. The van der Waals surface area contributed by atoms with Crippen LogP contribution in [-0.4, -0.2) is 43.6 Å². The van der Waals surface area contributed by atoms with Gasteiger partial charge in [-0.05, 0) is 49.1 Å². The number of carbonyl (C=O) groups is 1. The number of amides is 1. The fourth-order valence-electron chi connectivity index (χ4n) is 4.14. The molecule has 0 bridgehead atoms. The molecule has 1 aliphatic rings. The van der Waals surface area contributed by atoms with Gasteiger partial charge in [0.25, 0.3) is 0 Å². The summed E-state index contributed by atoms with van der Waals surface area (Å²) in [6.07, 6.45) is 5.14. The third-order valence-corrected chi connectivity index (χ3v) is 5.98. The molecule has 2 aromatic carbocycles. The van der Waals surface area contributed by atoms with Gasteiger partial charge in [-0.1, -0.05) is 29.4 Å². The molecule has 158 valence electrons. The van der Waals surface area contributed by atoms with Crippen molar-refractivity contribution in [2.24, 2.45) is 0 Å². The van der Waals surface area contributed by atoms with E-state index in [4.69, 9.17) is 4.52 Å². The van der Waals surface area contributed by atoms with Gasteiger partial charge >= 0.3 is 0 Å². The summed E-state index contributed by atoms with van der Waals surface area (Å²) in [5, 5.41) is 4.16. The van der Waals surface area contributed by atoms with Crippen LogP contribution in [-0.2, 0) is 17.8 Å². The number of nitrogens with zero attached hydrogens (tertiary/aromatic N) is 5. The van der Waals surface area contributed by atoms with Gasteiger partial charge in [0.1, 0.15) is 0 Å². The lowest BCUT2D eigenvalue weighted by molar-refractivity contribution is -0.130. The number of benzene rings is 2. The van der Waals surface area contributed by atoms with Crippen molar-refractivity contribution in [1.82, 2.24) is 24.6 Å². The van der Waals surface area contributed by atoms with Crippen LogP contribution < -0.4 is 0 Å². The lowest BCUT2D eigenvalue weighted by Crippen LogP contribution is -2.28. The van der Waals surface area contributed by atoms with Gasteiger partial charge in [0.15, 0.2) is 0 Å².